The van der Waals surface area contributed by atoms with E-state index in [4.69, 9.17) is 0 Å². The van der Waals surface area contributed by atoms with Crippen LogP contribution in [0.15, 0.2) is 11.8 Å². The summed E-state index contributed by atoms with van der Waals surface area (Å²) in [7, 11) is 0. The lowest BCUT2D eigenvalue weighted by atomic mass is 10.1. The molecule has 1 heterocycles. The molecule has 0 atom stereocenters. The van der Waals surface area contributed by atoms with Crippen molar-refractivity contribution < 1.29 is 0 Å². The highest BCUT2D eigenvalue weighted by molar-refractivity contribution is 14.1. The number of nitrogens with zero attached hydrogens (tertiary/aromatic N) is 1. The molecule has 2 aliphatic rings. The van der Waals surface area contributed by atoms with Crippen LogP contribution in [-0.2, 0) is 0 Å². The summed E-state index contributed by atoms with van der Waals surface area (Å²) in [4.78, 5) is 2.59. The van der Waals surface area contributed by atoms with Gasteiger partial charge in [-0.2, -0.15) is 0 Å². The topological polar surface area (TPSA) is 15.3 Å². The minimum Gasteiger partial charge on any atom is -0.335 e. The van der Waals surface area contributed by atoms with Crippen molar-refractivity contribution in [1.82, 2.24) is 8.43 Å². The Hall–Kier alpha value is 0.230. The third kappa shape index (κ3) is 2.37. The molecule has 0 amide bonds. The van der Waals surface area contributed by atoms with Crippen LogP contribution < -0.4 is 3.53 Å². The first-order valence-corrected chi connectivity index (χ1v) is 6.06. The molecule has 1 N–H and O–H groups in total. The monoisotopic (exact) mass is 292 g/mol. The summed E-state index contributed by atoms with van der Waals surface area (Å²) in [6.45, 7) is 6.01. The Morgan fingerprint density at radius 1 is 1.54 bits per heavy atom. The van der Waals surface area contributed by atoms with Crippen LogP contribution in [0.1, 0.15) is 26.2 Å². The zero-order valence-electron chi connectivity index (χ0n) is 8.15. The predicted octanol–water partition coefficient (Wildman–Crippen LogP) is 2.32. The van der Waals surface area contributed by atoms with Gasteiger partial charge in [-0.25, -0.2) is 0 Å². The summed E-state index contributed by atoms with van der Waals surface area (Å²) < 4.78 is 3.06. The fourth-order valence-electron chi connectivity index (χ4n) is 2.24. The van der Waals surface area contributed by atoms with Crippen LogP contribution in [0, 0.1) is 5.41 Å². The van der Waals surface area contributed by atoms with Gasteiger partial charge in [-0.15, -0.1) is 0 Å². The molecule has 0 radical (unpaired) electrons. The van der Waals surface area contributed by atoms with Crippen molar-refractivity contribution in [1.29, 1.82) is 0 Å². The summed E-state index contributed by atoms with van der Waals surface area (Å²) in [5.41, 5.74) is 2.21. The Labute approximate surface area is 94.3 Å². The van der Waals surface area contributed by atoms with Crippen LogP contribution in [0.25, 0.3) is 0 Å². The normalized spacial score (nSPS) is 26.8. The van der Waals surface area contributed by atoms with Gasteiger partial charge in [-0.05, 0) is 43.7 Å². The quantitative estimate of drug-likeness (QED) is 0.634. The number of likely N-dealkylation sites (tertiary alicyclic amines) is 1. The van der Waals surface area contributed by atoms with Crippen molar-refractivity contribution in [2.24, 2.45) is 5.41 Å². The van der Waals surface area contributed by atoms with Gasteiger partial charge < -0.3 is 3.53 Å². The zero-order chi connectivity index (χ0) is 9.31. The minimum absolute atomic E-state index is 0.776. The van der Waals surface area contributed by atoms with E-state index in [1.54, 1.807) is 0 Å². The van der Waals surface area contributed by atoms with E-state index in [1.807, 2.05) is 0 Å². The Bertz CT molecular complexity index is 221. The molecular formula is C10H17IN2. The molecule has 0 aromatic rings. The lowest BCUT2D eigenvalue weighted by Gasteiger charge is -2.15. The Balaban J connectivity index is 1.80. The lowest BCUT2D eigenvalue weighted by molar-refractivity contribution is 0.346. The first-order valence-electron chi connectivity index (χ1n) is 4.98. The maximum atomic E-state index is 3.06. The van der Waals surface area contributed by atoms with Crippen LogP contribution in [0.3, 0.4) is 0 Å². The molecule has 2 rings (SSSR count). The van der Waals surface area contributed by atoms with Gasteiger partial charge in [-0.1, -0.05) is 0 Å². The molecule has 0 unspecified atom stereocenters. The van der Waals surface area contributed by atoms with Crippen molar-refractivity contribution in [2.45, 2.75) is 26.2 Å². The van der Waals surface area contributed by atoms with Gasteiger partial charge in [0.05, 0.1) is 22.9 Å². The molecule has 1 saturated carbocycles. The van der Waals surface area contributed by atoms with E-state index in [0.29, 0.717) is 0 Å². The third-order valence-corrected chi connectivity index (χ3v) is 3.56. The van der Waals surface area contributed by atoms with E-state index in [9.17, 15) is 0 Å². The largest absolute Gasteiger partial charge is 0.335 e. The van der Waals surface area contributed by atoms with Gasteiger partial charge in [0.25, 0.3) is 0 Å². The fraction of sp³-hybridized carbons (Fsp3) is 0.800. The number of hydrogen-bond donors (Lipinski definition) is 1. The van der Waals surface area contributed by atoms with E-state index < -0.39 is 0 Å². The van der Waals surface area contributed by atoms with E-state index in [1.165, 1.54) is 37.9 Å². The van der Waals surface area contributed by atoms with Crippen LogP contribution in [0.4, 0.5) is 0 Å². The minimum atomic E-state index is 0.776. The van der Waals surface area contributed by atoms with Crippen LogP contribution in [-0.4, -0.2) is 24.5 Å². The molecule has 3 heteroatoms. The average molecular weight is 292 g/mol. The van der Waals surface area contributed by atoms with Gasteiger partial charge in [-0.3, -0.25) is 4.90 Å². The highest BCUT2D eigenvalue weighted by Crippen LogP contribution is 2.52. The summed E-state index contributed by atoms with van der Waals surface area (Å²) in [5.74, 6) is 0. The average Bonchev–Trinajstić information content (AvgIpc) is 2.69. The first kappa shape index (κ1) is 9.77. The summed E-state index contributed by atoms with van der Waals surface area (Å²) >= 11 is 2.16. The Kier molecular flexibility index (Phi) is 2.83. The number of nitrogens with one attached hydrogen (secondary N) is 1. The molecule has 13 heavy (non-hydrogen) atoms. The maximum absolute atomic E-state index is 3.06. The summed E-state index contributed by atoms with van der Waals surface area (Å²) in [5, 5.41) is 0. The molecule has 0 aromatic carbocycles. The van der Waals surface area contributed by atoms with Gasteiger partial charge >= 0.3 is 0 Å². The SMILES string of the molecule is C/C(=C\NI)CN1CCC2(CC2)C1. The highest BCUT2D eigenvalue weighted by Gasteiger charge is 2.47. The summed E-state index contributed by atoms with van der Waals surface area (Å²) in [6.07, 6.45) is 6.50. The second-order valence-electron chi connectivity index (χ2n) is 4.56. The number of rotatable bonds is 3. The lowest BCUT2D eigenvalue weighted by Crippen LogP contribution is -2.23. The van der Waals surface area contributed by atoms with Gasteiger partial charge in [0.1, 0.15) is 0 Å². The molecule has 0 bridgehead atoms. The van der Waals surface area contributed by atoms with Gasteiger partial charge in [0.15, 0.2) is 0 Å². The number of halogens is 1. The molecule has 2 nitrogen and oxygen atoms in total. The molecule has 74 valence electrons. The molecule has 1 aliphatic heterocycles. The third-order valence-electron chi connectivity index (χ3n) is 3.25. The first-order chi connectivity index (χ1) is 6.24. The second kappa shape index (κ2) is 3.77. The van der Waals surface area contributed by atoms with Gasteiger partial charge in [0.2, 0.25) is 0 Å². The van der Waals surface area contributed by atoms with E-state index in [0.717, 1.165) is 12.0 Å². The van der Waals surface area contributed by atoms with Crippen LogP contribution in [0.5, 0.6) is 0 Å². The molecule has 1 saturated heterocycles. The zero-order valence-corrected chi connectivity index (χ0v) is 10.3. The van der Waals surface area contributed by atoms with Gasteiger partial charge in [0, 0.05) is 19.3 Å². The molecule has 1 aliphatic carbocycles. The van der Waals surface area contributed by atoms with Crippen molar-refractivity contribution in [3.63, 3.8) is 0 Å². The highest BCUT2D eigenvalue weighted by atomic mass is 127. The molecular weight excluding hydrogens is 275 g/mol. The van der Waals surface area contributed by atoms with Crippen molar-refractivity contribution in [3.05, 3.63) is 11.8 Å². The Morgan fingerprint density at radius 2 is 2.31 bits per heavy atom. The molecule has 1 spiro atoms. The maximum Gasteiger partial charge on any atom is 0.0555 e. The van der Waals surface area contributed by atoms with E-state index in [-0.39, 0.29) is 0 Å². The van der Waals surface area contributed by atoms with Crippen molar-refractivity contribution in [2.75, 3.05) is 19.6 Å². The standard InChI is InChI=1S/C10H17IN2/c1-9(6-12-11)7-13-5-4-10(8-13)2-3-10/h6,12H,2-5,7-8H2,1H3/b9-6+. The molecule has 2 fully saturated rings. The summed E-state index contributed by atoms with van der Waals surface area (Å²) in [6, 6.07) is 0. The van der Waals surface area contributed by atoms with E-state index in [2.05, 4.69) is 44.4 Å². The van der Waals surface area contributed by atoms with E-state index >= 15 is 0 Å². The van der Waals surface area contributed by atoms with Crippen molar-refractivity contribution >= 4 is 22.9 Å². The second-order valence-corrected chi connectivity index (χ2v) is 5.18. The number of hydrogen-bond acceptors (Lipinski definition) is 2. The Morgan fingerprint density at radius 3 is 2.85 bits per heavy atom. The van der Waals surface area contributed by atoms with Crippen LogP contribution in [0.2, 0.25) is 0 Å². The predicted molar refractivity (Wildman–Crippen MR) is 63.6 cm³/mol. The van der Waals surface area contributed by atoms with Crippen LogP contribution >= 0.6 is 22.9 Å². The smallest absolute Gasteiger partial charge is 0.0555 e. The fourth-order valence-corrected chi connectivity index (χ4v) is 2.77. The van der Waals surface area contributed by atoms with Crippen molar-refractivity contribution in [3.8, 4) is 0 Å². The molecule has 0 aromatic heterocycles.